The Bertz CT molecular complexity index is 729. The Morgan fingerprint density at radius 3 is 2.38 bits per heavy atom. The van der Waals surface area contributed by atoms with E-state index in [2.05, 4.69) is 10.3 Å². The van der Waals surface area contributed by atoms with Crippen molar-refractivity contribution in [2.24, 2.45) is 0 Å². The lowest BCUT2D eigenvalue weighted by atomic mass is 10.1. The first-order chi connectivity index (χ1) is 10.2. The molecule has 0 aliphatic heterocycles. The molecular formula is C17H15N3O. The lowest BCUT2D eigenvalue weighted by Gasteiger charge is -2.07. The van der Waals surface area contributed by atoms with Gasteiger partial charge in [0.15, 0.2) is 0 Å². The van der Waals surface area contributed by atoms with Gasteiger partial charge in [-0.1, -0.05) is 17.7 Å². The van der Waals surface area contributed by atoms with E-state index in [9.17, 15) is 4.79 Å². The van der Waals surface area contributed by atoms with E-state index in [1.807, 2.05) is 54.1 Å². The maximum absolute atomic E-state index is 12.2. The second-order valence-electron chi connectivity index (χ2n) is 4.84. The van der Waals surface area contributed by atoms with Gasteiger partial charge in [-0.25, -0.2) is 4.98 Å². The second-order valence-corrected chi connectivity index (χ2v) is 4.84. The van der Waals surface area contributed by atoms with Gasteiger partial charge in [-0.05, 0) is 43.3 Å². The minimum absolute atomic E-state index is 0.115. The first-order valence-corrected chi connectivity index (χ1v) is 6.69. The maximum Gasteiger partial charge on any atom is 0.255 e. The highest BCUT2D eigenvalue weighted by molar-refractivity contribution is 6.04. The molecular weight excluding hydrogens is 262 g/mol. The number of benzene rings is 2. The van der Waals surface area contributed by atoms with Crippen LogP contribution >= 0.6 is 0 Å². The van der Waals surface area contributed by atoms with Crippen molar-refractivity contribution in [3.8, 4) is 5.69 Å². The summed E-state index contributed by atoms with van der Waals surface area (Å²) < 4.78 is 1.89. The van der Waals surface area contributed by atoms with Crippen LogP contribution in [0, 0.1) is 6.92 Å². The molecule has 2 aromatic carbocycles. The summed E-state index contributed by atoms with van der Waals surface area (Å²) >= 11 is 0. The highest BCUT2D eigenvalue weighted by atomic mass is 16.1. The molecule has 1 aromatic heterocycles. The van der Waals surface area contributed by atoms with Crippen LogP contribution in [0.2, 0.25) is 0 Å². The third-order valence-electron chi connectivity index (χ3n) is 3.24. The Labute approximate surface area is 123 Å². The number of carbonyl (C=O) groups is 1. The van der Waals surface area contributed by atoms with E-state index in [-0.39, 0.29) is 5.91 Å². The summed E-state index contributed by atoms with van der Waals surface area (Å²) in [6, 6.07) is 15.1. The van der Waals surface area contributed by atoms with E-state index in [0.29, 0.717) is 5.56 Å². The second kappa shape index (κ2) is 5.63. The van der Waals surface area contributed by atoms with Crippen LogP contribution in [0.3, 0.4) is 0 Å². The summed E-state index contributed by atoms with van der Waals surface area (Å²) in [6.07, 6.45) is 5.31. The number of hydrogen-bond donors (Lipinski definition) is 1. The Kier molecular flexibility index (Phi) is 3.51. The summed E-state index contributed by atoms with van der Waals surface area (Å²) in [5.74, 6) is -0.115. The van der Waals surface area contributed by atoms with Crippen LogP contribution in [0.5, 0.6) is 0 Å². The lowest BCUT2D eigenvalue weighted by molar-refractivity contribution is 0.102. The number of anilines is 1. The molecule has 1 N–H and O–H groups in total. The van der Waals surface area contributed by atoms with Gasteiger partial charge in [0.2, 0.25) is 0 Å². The van der Waals surface area contributed by atoms with Gasteiger partial charge in [0.05, 0.1) is 6.33 Å². The number of rotatable bonds is 3. The van der Waals surface area contributed by atoms with Crippen LogP contribution in [0.25, 0.3) is 5.69 Å². The van der Waals surface area contributed by atoms with Crippen LogP contribution in [-0.2, 0) is 0 Å². The van der Waals surface area contributed by atoms with Crippen molar-refractivity contribution in [3.63, 3.8) is 0 Å². The zero-order valence-electron chi connectivity index (χ0n) is 11.7. The molecule has 0 saturated heterocycles. The Hall–Kier alpha value is -2.88. The minimum Gasteiger partial charge on any atom is -0.322 e. The number of hydrogen-bond acceptors (Lipinski definition) is 2. The molecule has 3 rings (SSSR count). The molecule has 0 atom stereocenters. The molecule has 1 amide bonds. The molecule has 0 aliphatic rings. The molecule has 104 valence electrons. The van der Waals surface area contributed by atoms with Crippen molar-refractivity contribution in [3.05, 3.63) is 78.4 Å². The van der Waals surface area contributed by atoms with E-state index < -0.39 is 0 Å². The summed E-state index contributed by atoms with van der Waals surface area (Å²) in [6.45, 7) is 2.01. The van der Waals surface area contributed by atoms with Crippen LogP contribution in [0.1, 0.15) is 15.9 Å². The number of nitrogens with zero attached hydrogens (tertiary/aromatic N) is 2. The summed E-state index contributed by atoms with van der Waals surface area (Å²) in [4.78, 5) is 16.2. The van der Waals surface area contributed by atoms with Crippen LogP contribution in [0.15, 0.2) is 67.3 Å². The van der Waals surface area contributed by atoms with Crippen molar-refractivity contribution in [1.29, 1.82) is 0 Å². The smallest absolute Gasteiger partial charge is 0.255 e. The van der Waals surface area contributed by atoms with Crippen molar-refractivity contribution >= 4 is 11.6 Å². The van der Waals surface area contributed by atoms with E-state index in [4.69, 9.17) is 0 Å². The molecule has 0 radical (unpaired) electrons. The molecule has 1 heterocycles. The fourth-order valence-corrected chi connectivity index (χ4v) is 2.04. The van der Waals surface area contributed by atoms with Crippen LogP contribution < -0.4 is 5.32 Å². The number of aromatic nitrogens is 2. The van der Waals surface area contributed by atoms with Crippen molar-refractivity contribution < 1.29 is 4.79 Å². The van der Waals surface area contributed by atoms with Gasteiger partial charge in [0.25, 0.3) is 5.91 Å². The molecule has 0 fully saturated rings. The molecule has 21 heavy (non-hydrogen) atoms. The summed E-state index contributed by atoms with van der Waals surface area (Å²) in [5, 5.41) is 2.88. The minimum atomic E-state index is -0.115. The third kappa shape index (κ3) is 3.00. The highest BCUT2D eigenvalue weighted by Gasteiger charge is 2.06. The van der Waals surface area contributed by atoms with E-state index in [0.717, 1.165) is 16.9 Å². The van der Waals surface area contributed by atoms with Gasteiger partial charge in [-0.2, -0.15) is 0 Å². The predicted molar refractivity (Wildman–Crippen MR) is 82.7 cm³/mol. The first-order valence-electron chi connectivity index (χ1n) is 6.69. The summed E-state index contributed by atoms with van der Waals surface area (Å²) in [5.41, 5.74) is 3.56. The molecule has 4 nitrogen and oxygen atoms in total. The zero-order valence-corrected chi connectivity index (χ0v) is 11.7. The van der Waals surface area contributed by atoms with Crippen LogP contribution in [0.4, 0.5) is 5.69 Å². The molecule has 0 saturated carbocycles. The van der Waals surface area contributed by atoms with Gasteiger partial charge < -0.3 is 9.88 Å². The quantitative estimate of drug-likeness (QED) is 0.797. The Balaban J connectivity index is 1.74. The first kappa shape index (κ1) is 13.1. The molecule has 0 unspecified atom stereocenters. The monoisotopic (exact) mass is 277 g/mol. The van der Waals surface area contributed by atoms with Crippen LogP contribution in [-0.4, -0.2) is 15.5 Å². The van der Waals surface area contributed by atoms with E-state index in [1.54, 1.807) is 24.7 Å². The van der Waals surface area contributed by atoms with Crippen molar-refractivity contribution in [1.82, 2.24) is 9.55 Å². The van der Waals surface area contributed by atoms with Crippen molar-refractivity contribution in [2.45, 2.75) is 6.92 Å². The molecule has 0 aliphatic carbocycles. The Morgan fingerprint density at radius 2 is 1.76 bits per heavy atom. The highest BCUT2D eigenvalue weighted by Crippen LogP contribution is 2.13. The number of imidazole rings is 1. The molecule has 3 aromatic rings. The molecule has 0 spiro atoms. The van der Waals surface area contributed by atoms with Gasteiger partial charge in [-0.3, -0.25) is 4.79 Å². The Morgan fingerprint density at radius 1 is 1.05 bits per heavy atom. The lowest BCUT2D eigenvalue weighted by Crippen LogP contribution is -2.11. The van der Waals surface area contributed by atoms with Gasteiger partial charge in [0.1, 0.15) is 0 Å². The average molecular weight is 277 g/mol. The van der Waals surface area contributed by atoms with Gasteiger partial charge in [0, 0.05) is 29.3 Å². The maximum atomic E-state index is 12.2. The fraction of sp³-hybridized carbons (Fsp3) is 0.0588. The standard InChI is InChI=1S/C17H15N3O/c1-13-2-6-15(7-3-13)19-17(21)14-4-8-16(9-5-14)20-11-10-18-12-20/h2-12H,1H3,(H,19,21). The normalized spacial score (nSPS) is 10.3. The number of amides is 1. The van der Waals surface area contributed by atoms with E-state index >= 15 is 0 Å². The summed E-state index contributed by atoms with van der Waals surface area (Å²) in [7, 11) is 0. The number of carbonyl (C=O) groups excluding carboxylic acids is 1. The topological polar surface area (TPSA) is 46.9 Å². The fourth-order valence-electron chi connectivity index (χ4n) is 2.04. The average Bonchev–Trinajstić information content (AvgIpc) is 3.04. The molecule has 4 heteroatoms. The van der Waals surface area contributed by atoms with Crippen molar-refractivity contribution in [2.75, 3.05) is 5.32 Å². The van der Waals surface area contributed by atoms with E-state index in [1.165, 1.54) is 0 Å². The predicted octanol–water partition coefficient (Wildman–Crippen LogP) is 3.43. The van der Waals surface area contributed by atoms with Gasteiger partial charge >= 0.3 is 0 Å². The largest absolute Gasteiger partial charge is 0.322 e. The third-order valence-corrected chi connectivity index (χ3v) is 3.24. The SMILES string of the molecule is Cc1ccc(NC(=O)c2ccc(-n3ccnc3)cc2)cc1. The molecule has 0 bridgehead atoms. The van der Waals surface area contributed by atoms with Gasteiger partial charge in [-0.15, -0.1) is 0 Å². The number of nitrogens with one attached hydrogen (secondary N) is 1. The number of aryl methyl sites for hydroxylation is 1. The zero-order chi connectivity index (χ0) is 14.7.